The summed E-state index contributed by atoms with van der Waals surface area (Å²) in [6.45, 7) is 5.49. The number of aliphatic imine (C=N–C) groups is 1. The average molecular weight is 504 g/mol. The maximum absolute atomic E-state index is 13.2. The number of benzene rings is 2. The van der Waals surface area contributed by atoms with Crippen LogP contribution >= 0.6 is 11.8 Å². The number of ether oxygens (including phenoxy) is 2. The Balaban J connectivity index is 1.51. The third-order valence-corrected chi connectivity index (χ3v) is 7.33. The molecule has 0 radical (unpaired) electrons. The second kappa shape index (κ2) is 10.6. The monoisotopic (exact) mass is 503 g/mol. The van der Waals surface area contributed by atoms with E-state index >= 15 is 0 Å². The summed E-state index contributed by atoms with van der Waals surface area (Å²) in [5.41, 5.74) is 2.79. The van der Waals surface area contributed by atoms with Crippen LogP contribution in [0, 0.1) is 0 Å². The van der Waals surface area contributed by atoms with Gasteiger partial charge < -0.3 is 19.3 Å². The van der Waals surface area contributed by atoms with E-state index in [2.05, 4.69) is 0 Å². The van der Waals surface area contributed by atoms with Crippen LogP contribution in [0.1, 0.15) is 44.7 Å². The van der Waals surface area contributed by atoms with Gasteiger partial charge in [0.2, 0.25) is 5.91 Å². The predicted octanol–water partition coefficient (Wildman–Crippen LogP) is 5.63. The molecule has 0 saturated carbocycles. The Bertz CT molecular complexity index is 1250. The number of thioether (sulfide) groups is 1. The zero-order valence-electron chi connectivity index (χ0n) is 20.5. The average Bonchev–Trinajstić information content (AvgIpc) is 3.55. The minimum Gasteiger partial charge on any atom is -0.463 e. The molecule has 1 fully saturated rings. The van der Waals surface area contributed by atoms with Gasteiger partial charge in [0.25, 0.3) is 0 Å². The van der Waals surface area contributed by atoms with Crippen LogP contribution in [-0.4, -0.2) is 46.5 Å². The highest BCUT2D eigenvalue weighted by Crippen LogP contribution is 2.45. The highest BCUT2D eigenvalue weighted by atomic mass is 32.2. The van der Waals surface area contributed by atoms with Crippen molar-refractivity contribution in [2.24, 2.45) is 4.99 Å². The second-order valence-corrected chi connectivity index (χ2v) is 9.70. The van der Waals surface area contributed by atoms with Crippen LogP contribution in [0.5, 0.6) is 11.5 Å². The molecule has 0 N–H and O–H groups in total. The summed E-state index contributed by atoms with van der Waals surface area (Å²) in [5.74, 6) is 1.09. The number of likely N-dealkylation sites (tertiary alicyclic amines) is 1. The van der Waals surface area contributed by atoms with Gasteiger partial charge in [-0.15, -0.1) is 0 Å². The molecule has 7 nitrogen and oxygen atoms in total. The summed E-state index contributed by atoms with van der Waals surface area (Å²) in [6.07, 6.45) is 2.35. The van der Waals surface area contributed by atoms with Gasteiger partial charge in [0.15, 0.2) is 5.17 Å². The molecule has 0 aromatic heterocycles. The molecule has 36 heavy (non-hydrogen) atoms. The lowest BCUT2D eigenvalue weighted by Crippen LogP contribution is -2.38. The van der Waals surface area contributed by atoms with Crippen molar-refractivity contribution in [3.8, 4) is 11.5 Å². The number of nitrogens with zero attached hydrogens (tertiary/aromatic N) is 3. The van der Waals surface area contributed by atoms with E-state index in [-0.39, 0.29) is 18.9 Å². The Labute approximate surface area is 215 Å². The first-order chi connectivity index (χ1) is 17.5. The van der Waals surface area contributed by atoms with E-state index in [0.717, 1.165) is 48.1 Å². The molecule has 2 aromatic carbocycles. The van der Waals surface area contributed by atoms with Crippen LogP contribution < -0.4 is 4.74 Å². The van der Waals surface area contributed by atoms with Gasteiger partial charge in [-0.3, -0.25) is 4.79 Å². The van der Waals surface area contributed by atoms with Crippen LogP contribution in [0.2, 0.25) is 0 Å². The molecule has 1 unspecified atom stereocenters. The fourth-order valence-electron chi connectivity index (χ4n) is 4.76. The maximum atomic E-state index is 13.2. The summed E-state index contributed by atoms with van der Waals surface area (Å²) < 4.78 is 11.5. The molecule has 0 aliphatic carbocycles. The quantitative estimate of drug-likeness (QED) is 0.456. The lowest BCUT2D eigenvalue weighted by atomic mass is 9.93. The highest BCUT2D eigenvalue weighted by Gasteiger charge is 2.41. The van der Waals surface area contributed by atoms with Gasteiger partial charge >= 0.3 is 5.97 Å². The van der Waals surface area contributed by atoms with Crippen molar-refractivity contribution < 1.29 is 19.1 Å². The third kappa shape index (κ3) is 4.91. The normalized spacial score (nSPS) is 19.1. The molecule has 5 rings (SSSR count). The first-order valence-electron chi connectivity index (χ1n) is 12.3. The van der Waals surface area contributed by atoms with Crippen LogP contribution in [0.15, 0.2) is 82.0 Å². The molecule has 8 heteroatoms. The molecule has 0 bridgehead atoms. The van der Waals surface area contributed by atoms with E-state index in [4.69, 9.17) is 14.5 Å². The van der Waals surface area contributed by atoms with Gasteiger partial charge in [0.1, 0.15) is 11.5 Å². The number of fused-ring (bicyclic) bond motifs is 1. The van der Waals surface area contributed by atoms with Gasteiger partial charge in [-0.05, 0) is 61.9 Å². The number of carbonyl (C=O) groups excluding carboxylic acids is 2. The van der Waals surface area contributed by atoms with Crippen molar-refractivity contribution in [3.05, 3.63) is 82.5 Å². The van der Waals surface area contributed by atoms with Crippen molar-refractivity contribution in [1.82, 2.24) is 9.80 Å². The summed E-state index contributed by atoms with van der Waals surface area (Å²) in [5, 5.41) is 2.73. The van der Waals surface area contributed by atoms with E-state index in [9.17, 15) is 9.59 Å². The summed E-state index contributed by atoms with van der Waals surface area (Å²) >= 11 is 1.48. The number of amides is 1. The lowest BCUT2D eigenvalue weighted by molar-refractivity contribution is -0.139. The number of amidine groups is 1. The number of carbonyl (C=O) groups is 2. The number of allylic oxidation sites excluding steroid dienone is 1. The fourth-order valence-corrected chi connectivity index (χ4v) is 5.73. The maximum Gasteiger partial charge on any atom is 0.338 e. The first kappa shape index (κ1) is 24.2. The molecule has 1 saturated heterocycles. The summed E-state index contributed by atoms with van der Waals surface area (Å²) in [7, 11) is 0. The molecule has 3 aliphatic rings. The zero-order chi connectivity index (χ0) is 25.1. The molecule has 3 aliphatic heterocycles. The van der Waals surface area contributed by atoms with E-state index in [0.29, 0.717) is 17.0 Å². The predicted molar refractivity (Wildman–Crippen MR) is 140 cm³/mol. The smallest absolute Gasteiger partial charge is 0.338 e. The minimum atomic E-state index is -0.483. The molecule has 1 atom stereocenters. The Kier molecular flexibility index (Phi) is 7.13. The minimum absolute atomic E-state index is 0.101. The van der Waals surface area contributed by atoms with E-state index in [1.54, 1.807) is 6.92 Å². The standard InChI is InChI=1S/C28H29N3O4S/c1-3-34-27(33)25-19(2)29-28-31(21(18-36-28)17-24(32)30-14-7-8-15-30)26(25)20-10-9-13-23(16-20)35-22-11-5-4-6-12-22/h4-6,9-13,16,18,26H,3,7-8,14-15,17H2,1-2H3. The van der Waals surface area contributed by atoms with Gasteiger partial charge in [0, 0.05) is 18.8 Å². The van der Waals surface area contributed by atoms with Gasteiger partial charge in [-0.25, -0.2) is 9.79 Å². The van der Waals surface area contributed by atoms with Crippen LogP contribution in [0.4, 0.5) is 0 Å². The Morgan fingerprint density at radius 3 is 2.56 bits per heavy atom. The molecule has 1 amide bonds. The lowest BCUT2D eigenvalue weighted by Gasteiger charge is -2.36. The van der Waals surface area contributed by atoms with E-state index in [1.165, 1.54) is 11.8 Å². The third-order valence-electron chi connectivity index (χ3n) is 6.44. The van der Waals surface area contributed by atoms with Crippen molar-refractivity contribution in [2.75, 3.05) is 19.7 Å². The summed E-state index contributed by atoms with van der Waals surface area (Å²) in [6, 6.07) is 16.8. The summed E-state index contributed by atoms with van der Waals surface area (Å²) in [4.78, 5) is 34.9. The van der Waals surface area contributed by atoms with E-state index in [1.807, 2.05) is 76.7 Å². The van der Waals surface area contributed by atoms with Crippen LogP contribution in [-0.2, 0) is 14.3 Å². The number of hydrogen-bond acceptors (Lipinski definition) is 7. The number of hydrogen-bond donors (Lipinski definition) is 0. The van der Waals surface area contributed by atoms with E-state index < -0.39 is 12.0 Å². The van der Waals surface area contributed by atoms with Gasteiger partial charge in [-0.2, -0.15) is 0 Å². The molecule has 2 aromatic rings. The second-order valence-electron chi connectivity index (χ2n) is 8.87. The largest absolute Gasteiger partial charge is 0.463 e. The fraction of sp³-hybridized carbons (Fsp3) is 0.321. The van der Waals surface area contributed by atoms with Crippen LogP contribution in [0.25, 0.3) is 0 Å². The van der Waals surface area contributed by atoms with Crippen molar-refractivity contribution >= 4 is 28.8 Å². The van der Waals surface area contributed by atoms with Gasteiger partial charge in [0.05, 0.1) is 30.3 Å². The molecule has 0 spiro atoms. The van der Waals surface area contributed by atoms with Crippen LogP contribution in [0.3, 0.4) is 0 Å². The molecule has 186 valence electrons. The number of rotatable bonds is 7. The van der Waals surface area contributed by atoms with Crippen molar-refractivity contribution in [2.45, 2.75) is 39.2 Å². The SMILES string of the molecule is CCOC(=O)C1=C(C)N=C2SC=C(CC(=O)N3CCCC3)N2C1c1cccc(Oc2ccccc2)c1. The zero-order valence-corrected chi connectivity index (χ0v) is 21.3. The van der Waals surface area contributed by atoms with Crippen molar-refractivity contribution in [3.63, 3.8) is 0 Å². The Morgan fingerprint density at radius 1 is 1.06 bits per heavy atom. The molecule has 3 heterocycles. The number of esters is 1. The molecular weight excluding hydrogens is 474 g/mol. The number of para-hydroxylation sites is 1. The Morgan fingerprint density at radius 2 is 1.81 bits per heavy atom. The Hall–Kier alpha value is -3.52. The van der Waals surface area contributed by atoms with Crippen molar-refractivity contribution in [1.29, 1.82) is 0 Å². The first-order valence-corrected chi connectivity index (χ1v) is 13.1. The topological polar surface area (TPSA) is 71.4 Å². The van der Waals surface area contributed by atoms with Gasteiger partial charge in [-0.1, -0.05) is 42.1 Å². The molecular formula is C28H29N3O4S. The highest BCUT2D eigenvalue weighted by molar-refractivity contribution is 8.16.